The van der Waals surface area contributed by atoms with Gasteiger partial charge in [-0.3, -0.25) is 4.98 Å². The van der Waals surface area contributed by atoms with Crippen LogP contribution in [0.4, 0.5) is 0 Å². The number of ether oxygens (including phenoxy) is 1. The summed E-state index contributed by atoms with van der Waals surface area (Å²) in [6.45, 7) is 11.5. The molecule has 0 saturated carbocycles. The van der Waals surface area contributed by atoms with E-state index in [1.165, 1.54) is 28.6 Å². The van der Waals surface area contributed by atoms with Gasteiger partial charge in [-0.15, -0.1) is 54.1 Å². The molecule has 0 atom stereocenters. The maximum absolute atomic E-state index is 7.23. The van der Waals surface area contributed by atoms with Crippen molar-refractivity contribution in [2.45, 2.75) is 65.6 Å². The van der Waals surface area contributed by atoms with Gasteiger partial charge < -0.3 is 18.7 Å². The number of benzene rings is 6. The molecule has 0 fully saturated rings. The molecule has 0 saturated heterocycles. The number of pyridine rings is 1. The summed E-state index contributed by atoms with van der Waals surface area (Å²) in [6.07, 6.45) is 1.39. The summed E-state index contributed by atoms with van der Waals surface area (Å²) < 4.78 is 37.5. The maximum atomic E-state index is 7.23. The van der Waals surface area contributed by atoms with E-state index >= 15 is 0 Å². The molecule has 4 heterocycles. The fraction of sp³-hybridized carbons (Fsp3) is 0.192. The largest absolute Gasteiger partial charge is 0.497 e. The number of hydrogen-bond donors (Lipinski definition) is 0. The number of para-hydroxylation sites is 4. The van der Waals surface area contributed by atoms with E-state index in [1.54, 1.807) is 18.2 Å². The molecule has 291 valence electrons. The van der Waals surface area contributed by atoms with Gasteiger partial charge in [0.25, 0.3) is 0 Å². The number of imidazole rings is 1. The van der Waals surface area contributed by atoms with Crippen LogP contribution in [0.5, 0.6) is 11.5 Å². The molecule has 3 aromatic heterocycles. The molecule has 1 aliphatic heterocycles. The van der Waals surface area contributed by atoms with Crippen LogP contribution < -0.4 is 4.74 Å². The van der Waals surface area contributed by atoms with Crippen molar-refractivity contribution in [2.24, 2.45) is 0 Å². The smallest absolute Gasteiger partial charge is 0.173 e. The zero-order valence-electron chi connectivity index (χ0n) is 36.3. The third-order valence-electron chi connectivity index (χ3n) is 11.1. The molecule has 0 spiro atoms. The standard InChI is InChI=1S/C40H35N2O2.C12H10N.Ir/c1-23(2)25-13-11-14-26(24(3)4)35(25)42-33-19-9-8-18-32(33)41-39(42)29-16-12-15-27-28-21-22-31-38(37(28)44-36(27)29)43-34-20-10-7-17-30(34)40(31,5)6;1-10-7-8-12(13-9-10)11-5-3-2-4-6-11;/h7-15,17-24H,1-6H3;2-5,7-9H,1H3;/q2*-1;/i;1D3;. The predicted octanol–water partition coefficient (Wildman–Crippen LogP) is 13.9. The molecule has 0 N–H and O–H groups in total. The van der Waals surface area contributed by atoms with Crippen LogP contribution in [0.3, 0.4) is 0 Å². The second-order valence-corrected chi connectivity index (χ2v) is 15.8. The van der Waals surface area contributed by atoms with Crippen LogP contribution in [-0.4, -0.2) is 14.5 Å². The molecule has 10 rings (SSSR count). The first-order chi connectivity index (χ1) is 28.8. The first kappa shape index (κ1) is 35.4. The molecular formula is C52H45IrN3O2-2. The fourth-order valence-corrected chi connectivity index (χ4v) is 8.16. The number of aromatic nitrogens is 3. The van der Waals surface area contributed by atoms with Crippen molar-refractivity contribution in [3.8, 4) is 39.8 Å². The molecule has 0 amide bonds. The van der Waals surface area contributed by atoms with Crippen molar-refractivity contribution in [2.75, 3.05) is 0 Å². The Hall–Kier alpha value is -5.81. The summed E-state index contributed by atoms with van der Waals surface area (Å²) in [5.41, 5.74) is 12.1. The van der Waals surface area contributed by atoms with Gasteiger partial charge in [0.1, 0.15) is 5.75 Å². The SMILES string of the molecule is CC(C)c1cccc(C(C)C)c1-n1c(-c2[c-]ccc3c2oc2c4c(ccc23)C(C)(C)c2ccccc2O4)nc2ccccc21.[2H]C([2H])([2H])c1ccc(-c2[c-]cccc2)nc1.[Ir]. The van der Waals surface area contributed by atoms with Crippen molar-refractivity contribution in [3.63, 3.8) is 0 Å². The third-order valence-corrected chi connectivity index (χ3v) is 11.1. The Morgan fingerprint density at radius 1 is 0.707 bits per heavy atom. The molecule has 1 aliphatic rings. The van der Waals surface area contributed by atoms with Gasteiger partial charge >= 0.3 is 0 Å². The average molecular weight is 939 g/mol. The minimum atomic E-state index is -2.09. The van der Waals surface area contributed by atoms with E-state index in [0.29, 0.717) is 11.8 Å². The van der Waals surface area contributed by atoms with Gasteiger partial charge in [-0.05, 0) is 59.3 Å². The topological polar surface area (TPSA) is 53.1 Å². The van der Waals surface area contributed by atoms with E-state index < -0.39 is 6.85 Å². The summed E-state index contributed by atoms with van der Waals surface area (Å²) in [4.78, 5) is 9.39. The molecule has 1 radical (unpaired) electrons. The van der Waals surface area contributed by atoms with Gasteiger partial charge in [0.05, 0.1) is 22.4 Å². The predicted molar refractivity (Wildman–Crippen MR) is 233 cm³/mol. The average Bonchev–Trinajstić information content (AvgIpc) is 3.83. The van der Waals surface area contributed by atoms with Crippen LogP contribution in [0, 0.1) is 19.0 Å². The summed E-state index contributed by atoms with van der Waals surface area (Å²) in [5.74, 6) is 3.15. The molecule has 5 nitrogen and oxygen atoms in total. The van der Waals surface area contributed by atoms with Crippen LogP contribution in [0.15, 0.2) is 138 Å². The van der Waals surface area contributed by atoms with Crippen molar-refractivity contribution < 1.29 is 33.4 Å². The van der Waals surface area contributed by atoms with Crippen molar-refractivity contribution in [1.82, 2.24) is 14.5 Å². The van der Waals surface area contributed by atoms with Crippen LogP contribution in [-0.2, 0) is 25.5 Å². The molecule has 6 heteroatoms. The number of hydrogen-bond acceptors (Lipinski definition) is 4. The van der Waals surface area contributed by atoms with Crippen molar-refractivity contribution in [3.05, 3.63) is 174 Å². The number of fused-ring (bicyclic) bond motifs is 7. The Bertz CT molecular complexity index is 3010. The molecule has 6 aromatic carbocycles. The van der Waals surface area contributed by atoms with Crippen molar-refractivity contribution in [1.29, 1.82) is 0 Å². The zero-order valence-corrected chi connectivity index (χ0v) is 35.7. The number of rotatable bonds is 5. The van der Waals surface area contributed by atoms with Gasteiger partial charge in [-0.25, -0.2) is 0 Å². The fourth-order valence-electron chi connectivity index (χ4n) is 8.16. The first-order valence-corrected chi connectivity index (χ1v) is 19.5. The molecule has 58 heavy (non-hydrogen) atoms. The summed E-state index contributed by atoms with van der Waals surface area (Å²) >= 11 is 0. The van der Waals surface area contributed by atoms with Crippen molar-refractivity contribution >= 4 is 33.0 Å². The van der Waals surface area contributed by atoms with Gasteiger partial charge in [-0.1, -0.05) is 125 Å². The Morgan fingerprint density at radius 2 is 1.45 bits per heavy atom. The van der Waals surface area contributed by atoms with E-state index in [2.05, 4.69) is 136 Å². The molecular weight excluding hydrogens is 891 g/mol. The summed E-state index contributed by atoms with van der Waals surface area (Å²) in [7, 11) is 0. The van der Waals surface area contributed by atoms with Gasteiger partial charge in [0, 0.05) is 58.0 Å². The molecule has 0 aliphatic carbocycles. The molecule has 9 aromatic rings. The normalized spacial score (nSPS) is 13.8. The van der Waals surface area contributed by atoms with E-state index in [1.807, 2.05) is 36.4 Å². The molecule has 0 unspecified atom stereocenters. The Balaban J connectivity index is 0.000000255. The van der Waals surface area contributed by atoms with Gasteiger partial charge in [-0.2, -0.15) is 0 Å². The van der Waals surface area contributed by atoms with E-state index in [0.717, 1.165) is 72.7 Å². The zero-order chi connectivity index (χ0) is 41.9. The van der Waals surface area contributed by atoms with E-state index in [9.17, 15) is 0 Å². The minimum Gasteiger partial charge on any atom is -0.497 e. The second-order valence-electron chi connectivity index (χ2n) is 15.8. The first-order valence-electron chi connectivity index (χ1n) is 21.0. The number of aryl methyl sites for hydroxylation is 1. The van der Waals surface area contributed by atoms with Crippen LogP contribution in [0.2, 0.25) is 0 Å². The van der Waals surface area contributed by atoms with Crippen LogP contribution in [0.1, 0.15) is 85.3 Å². The van der Waals surface area contributed by atoms with Gasteiger partial charge in [0.15, 0.2) is 11.3 Å². The van der Waals surface area contributed by atoms with Crippen LogP contribution in [0.25, 0.3) is 61.3 Å². The number of furan rings is 1. The maximum Gasteiger partial charge on any atom is 0.173 e. The minimum absolute atomic E-state index is 0. The summed E-state index contributed by atoms with van der Waals surface area (Å²) in [5, 5.41) is 2.05. The summed E-state index contributed by atoms with van der Waals surface area (Å²) in [6, 6.07) is 49.2. The van der Waals surface area contributed by atoms with Gasteiger partial charge in [0.2, 0.25) is 0 Å². The Kier molecular flexibility index (Phi) is 9.45. The van der Waals surface area contributed by atoms with E-state index in [-0.39, 0.29) is 31.1 Å². The second kappa shape index (κ2) is 15.5. The van der Waals surface area contributed by atoms with E-state index in [4.69, 9.17) is 18.3 Å². The third kappa shape index (κ3) is 6.64. The number of nitrogens with zero attached hydrogens (tertiary/aromatic N) is 3. The Labute approximate surface area is 358 Å². The van der Waals surface area contributed by atoms with Crippen LogP contribution >= 0.6 is 0 Å². The Morgan fingerprint density at radius 3 is 2.17 bits per heavy atom. The quantitative estimate of drug-likeness (QED) is 0.161. The molecule has 0 bridgehead atoms. The monoisotopic (exact) mass is 939 g/mol.